The van der Waals surface area contributed by atoms with Gasteiger partial charge >= 0.3 is 0 Å². The van der Waals surface area contributed by atoms with Gasteiger partial charge in [0.05, 0.1) is 18.1 Å². The van der Waals surface area contributed by atoms with Gasteiger partial charge in [0.1, 0.15) is 0 Å². The van der Waals surface area contributed by atoms with E-state index in [0.29, 0.717) is 11.1 Å². The van der Waals surface area contributed by atoms with Crippen LogP contribution in [0.25, 0.3) is 0 Å². The Kier molecular flexibility index (Phi) is 5.35. The molecule has 1 N–H and O–H groups in total. The molecule has 0 aromatic heterocycles. The summed E-state index contributed by atoms with van der Waals surface area (Å²) >= 11 is 0. The lowest BCUT2D eigenvalue weighted by Gasteiger charge is -2.17. The molecule has 0 aliphatic heterocycles. The highest BCUT2D eigenvalue weighted by Crippen LogP contribution is 2.23. The molecule has 0 aliphatic rings. The number of nitro groups is 1. The standard InChI is InChI=1S/C16H16N2O4/c1-22-17-15(11-16(19)12-6-3-2-4-7-12)13-8-5-9-14(10-13)18(20)21/h2-10,15,17H,11H2,1H3/t15-/m0/s1. The second kappa shape index (κ2) is 7.44. The van der Waals surface area contributed by atoms with Crippen LogP contribution in [0.3, 0.4) is 0 Å². The molecule has 0 saturated heterocycles. The van der Waals surface area contributed by atoms with Crippen molar-refractivity contribution in [1.82, 2.24) is 5.48 Å². The lowest BCUT2D eigenvalue weighted by atomic mass is 9.98. The average molecular weight is 300 g/mol. The molecule has 0 unspecified atom stereocenters. The van der Waals surface area contributed by atoms with Gasteiger partial charge in [0, 0.05) is 24.1 Å². The van der Waals surface area contributed by atoms with Crippen LogP contribution in [0.4, 0.5) is 5.69 Å². The normalized spacial score (nSPS) is 11.9. The molecule has 0 bridgehead atoms. The first-order chi connectivity index (χ1) is 10.6. The zero-order chi connectivity index (χ0) is 15.9. The summed E-state index contributed by atoms with van der Waals surface area (Å²) in [7, 11) is 1.44. The molecule has 2 aromatic rings. The summed E-state index contributed by atoms with van der Waals surface area (Å²) in [6.07, 6.45) is 0.138. The average Bonchev–Trinajstić information content (AvgIpc) is 2.55. The summed E-state index contributed by atoms with van der Waals surface area (Å²) in [6, 6.07) is 14.6. The van der Waals surface area contributed by atoms with E-state index in [9.17, 15) is 14.9 Å². The number of hydrogen-bond donors (Lipinski definition) is 1. The number of benzene rings is 2. The van der Waals surface area contributed by atoms with Gasteiger partial charge < -0.3 is 4.84 Å². The summed E-state index contributed by atoms with van der Waals surface area (Å²) in [4.78, 5) is 27.6. The van der Waals surface area contributed by atoms with Gasteiger partial charge in [-0.1, -0.05) is 42.5 Å². The smallest absolute Gasteiger partial charge is 0.269 e. The predicted molar refractivity (Wildman–Crippen MR) is 81.4 cm³/mol. The number of Topliss-reactive ketones (excluding diaryl/α,β-unsaturated/α-hetero) is 1. The molecule has 0 aliphatic carbocycles. The predicted octanol–water partition coefficient (Wildman–Crippen LogP) is 3.06. The second-order valence-corrected chi connectivity index (χ2v) is 4.72. The molecular formula is C16H16N2O4. The molecule has 0 heterocycles. The van der Waals surface area contributed by atoms with E-state index < -0.39 is 11.0 Å². The van der Waals surface area contributed by atoms with Crippen molar-refractivity contribution in [3.63, 3.8) is 0 Å². The lowest BCUT2D eigenvalue weighted by molar-refractivity contribution is -0.384. The van der Waals surface area contributed by atoms with Gasteiger partial charge in [0.25, 0.3) is 5.69 Å². The van der Waals surface area contributed by atoms with Crippen molar-refractivity contribution in [2.45, 2.75) is 12.5 Å². The molecule has 114 valence electrons. The Morgan fingerprint density at radius 2 is 1.95 bits per heavy atom. The van der Waals surface area contributed by atoms with Crippen molar-refractivity contribution in [2.75, 3.05) is 7.11 Å². The zero-order valence-electron chi connectivity index (χ0n) is 12.1. The van der Waals surface area contributed by atoms with Crippen molar-refractivity contribution in [3.05, 3.63) is 75.8 Å². The Morgan fingerprint density at radius 3 is 2.59 bits per heavy atom. The Balaban J connectivity index is 2.21. The summed E-state index contributed by atoms with van der Waals surface area (Å²) in [5.41, 5.74) is 3.92. The quantitative estimate of drug-likeness (QED) is 0.483. The van der Waals surface area contributed by atoms with Gasteiger partial charge in [0.2, 0.25) is 0 Å². The number of nitrogens with one attached hydrogen (secondary N) is 1. The summed E-state index contributed by atoms with van der Waals surface area (Å²) in [5.74, 6) is -0.0679. The van der Waals surface area contributed by atoms with Crippen LogP contribution in [0.5, 0.6) is 0 Å². The number of non-ortho nitro benzene ring substituents is 1. The number of carbonyl (C=O) groups excluding carboxylic acids is 1. The first-order valence-corrected chi connectivity index (χ1v) is 6.73. The van der Waals surface area contributed by atoms with Crippen LogP contribution < -0.4 is 5.48 Å². The number of rotatable bonds is 7. The zero-order valence-corrected chi connectivity index (χ0v) is 12.1. The van der Waals surface area contributed by atoms with Crippen LogP contribution in [0, 0.1) is 10.1 Å². The van der Waals surface area contributed by atoms with Gasteiger partial charge in [-0.15, -0.1) is 0 Å². The number of ketones is 1. The summed E-state index contributed by atoms with van der Waals surface area (Å²) in [6.45, 7) is 0. The Labute approximate surface area is 127 Å². The fourth-order valence-corrected chi connectivity index (χ4v) is 2.15. The van der Waals surface area contributed by atoms with E-state index >= 15 is 0 Å². The molecule has 0 spiro atoms. The van der Waals surface area contributed by atoms with Crippen molar-refractivity contribution < 1.29 is 14.6 Å². The fraction of sp³-hybridized carbons (Fsp3) is 0.188. The van der Waals surface area contributed by atoms with Gasteiger partial charge in [0.15, 0.2) is 5.78 Å². The van der Waals surface area contributed by atoms with Gasteiger partial charge in [-0.25, -0.2) is 0 Å². The van der Waals surface area contributed by atoms with E-state index in [1.165, 1.54) is 19.2 Å². The number of nitro benzene ring substituents is 1. The number of nitrogens with zero attached hydrogens (tertiary/aromatic N) is 1. The monoisotopic (exact) mass is 300 g/mol. The van der Waals surface area contributed by atoms with E-state index in [0.717, 1.165) is 0 Å². The lowest BCUT2D eigenvalue weighted by Crippen LogP contribution is -2.23. The second-order valence-electron chi connectivity index (χ2n) is 4.72. The van der Waals surface area contributed by atoms with Crippen molar-refractivity contribution in [2.24, 2.45) is 0 Å². The number of hydrogen-bond acceptors (Lipinski definition) is 5. The molecular weight excluding hydrogens is 284 g/mol. The van der Waals surface area contributed by atoms with Crippen LogP contribution in [0.1, 0.15) is 28.4 Å². The van der Waals surface area contributed by atoms with E-state index in [2.05, 4.69) is 5.48 Å². The summed E-state index contributed by atoms with van der Waals surface area (Å²) in [5, 5.41) is 10.9. The Morgan fingerprint density at radius 1 is 1.23 bits per heavy atom. The van der Waals surface area contributed by atoms with Crippen molar-refractivity contribution in [1.29, 1.82) is 0 Å². The van der Waals surface area contributed by atoms with Crippen LogP contribution in [0.2, 0.25) is 0 Å². The van der Waals surface area contributed by atoms with E-state index in [1.54, 1.807) is 36.4 Å². The highest BCUT2D eigenvalue weighted by Gasteiger charge is 2.19. The molecule has 0 amide bonds. The highest BCUT2D eigenvalue weighted by atomic mass is 16.6. The molecule has 2 rings (SSSR count). The van der Waals surface area contributed by atoms with E-state index in [-0.39, 0.29) is 17.9 Å². The van der Waals surface area contributed by atoms with Crippen LogP contribution in [-0.4, -0.2) is 17.8 Å². The molecule has 22 heavy (non-hydrogen) atoms. The van der Waals surface area contributed by atoms with Crippen LogP contribution in [0.15, 0.2) is 54.6 Å². The number of hydroxylamine groups is 1. The number of carbonyl (C=O) groups is 1. The summed E-state index contributed by atoms with van der Waals surface area (Å²) < 4.78 is 0. The minimum atomic E-state index is -0.466. The largest absolute Gasteiger partial charge is 0.305 e. The molecule has 6 nitrogen and oxygen atoms in total. The van der Waals surface area contributed by atoms with Crippen molar-refractivity contribution in [3.8, 4) is 0 Å². The molecule has 0 radical (unpaired) electrons. The maximum Gasteiger partial charge on any atom is 0.269 e. The maximum atomic E-state index is 12.3. The van der Waals surface area contributed by atoms with Crippen LogP contribution >= 0.6 is 0 Å². The van der Waals surface area contributed by atoms with Gasteiger partial charge in [-0.3, -0.25) is 14.9 Å². The molecule has 6 heteroatoms. The third-order valence-electron chi connectivity index (χ3n) is 3.23. The molecule has 2 aromatic carbocycles. The third-order valence-corrected chi connectivity index (χ3v) is 3.23. The van der Waals surface area contributed by atoms with Gasteiger partial charge in [-0.05, 0) is 5.56 Å². The Bertz CT molecular complexity index is 658. The van der Waals surface area contributed by atoms with E-state index in [4.69, 9.17) is 4.84 Å². The molecule has 0 fully saturated rings. The Hall–Kier alpha value is -2.57. The van der Waals surface area contributed by atoms with Crippen molar-refractivity contribution >= 4 is 11.5 Å². The molecule has 0 saturated carbocycles. The first kappa shape index (κ1) is 15.8. The third kappa shape index (κ3) is 3.97. The minimum Gasteiger partial charge on any atom is -0.305 e. The first-order valence-electron chi connectivity index (χ1n) is 6.73. The van der Waals surface area contributed by atoms with Crippen LogP contribution in [-0.2, 0) is 4.84 Å². The van der Waals surface area contributed by atoms with E-state index in [1.807, 2.05) is 6.07 Å². The fourth-order valence-electron chi connectivity index (χ4n) is 2.15. The highest BCUT2D eigenvalue weighted by molar-refractivity contribution is 5.96. The maximum absolute atomic E-state index is 12.3. The SMILES string of the molecule is CON[C@@H](CC(=O)c1ccccc1)c1cccc([N+](=O)[O-])c1. The molecule has 1 atom stereocenters. The minimum absolute atomic E-state index is 0.0208. The van der Waals surface area contributed by atoms with Gasteiger partial charge in [-0.2, -0.15) is 5.48 Å². The topological polar surface area (TPSA) is 81.5 Å².